The van der Waals surface area contributed by atoms with Crippen molar-refractivity contribution in [3.63, 3.8) is 0 Å². The quantitative estimate of drug-likeness (QED) is 0.705. The average Bonchev–Trinajstić information content (AvgIpc) is 2.56. The van der Waals surface area contributed by atoms with E-state index < -0.39 is 0 Å². The fourth-order valence-corrected chi connectivity index (χ4v) is 2.04. The van der Waals surface area contributed by atoms with Gasteiger partial charge in [-0.25, -0.2) is 4.98 Å². The van der Waals surface area contributed by atoms with Crippen molar-refractivity contribution < 1.29 is 0 Å². The minimum Gasteiger partial charge on any atom is -0.324 e. The molecule has 3 heteroatoms. The van der Waals surface area contributed by atoms with E-state index in [4.69, 9.17) is 11.6 Å². The molecule has 1 atom stereocenters. The Labute approximate surface area is 94.9 Å². The highest BCUT2D eigenvalue weighted by Gasteiger charge is 2.15. The number of nitrogens with zero attached hydrogens (tertiary/aromatic N) is 2. The monoisotopic (exact) mass is 222 g/mol. The van der Waals surface area contributed by atoms with Gasteiger partial charge in [-0.05, 0) is 32.9 Å². The fraction of sp³-hybridized carbons (Fsp3) is 0.417. The largest absolute Gasteiger partial charge is 0.324 e. The Morgan fingerprint density at radius 2 is 1.87 bits per heavy atom. The van der Waals surface area contributed by atoms with Crippen LogP contribution in [0.4, 0.5) is 0 Å². The molecule has 2 aromatic rings. The highest BCUT2D eigenvalue weighted by Crippen LogP contribution is 2.27. The van der Waals surface area contributed by atoms with E-state index in [0.29, 0.717) is 6.04 Å². The molecular weight excluding hydrogens is 208 g/mol. The van der Waals surface area contributed by atoms with Gasteiger partial charge in [-0.3, -0.25) is 0 Å². The van der Waals surface area contributed by atoms with E-state index >= 15 is 0 Å². The summed E-state index contributed by atoms with van der Waals surface area (Å²) in [4.78, 5) is 4.56. The van der Waals surface area contributed by atoms with Crippen LogP contribution in [0, 0.1) is 0 Å². The highest BCUT2D eigenvalue weighted by atomic mass is 35.5. The first-order valence-corrected chi connectivity index (χ1v) is 5.66. The van der Waals surface area contributed by atoms with E-state index in [-0.39, 0.29) is 5.38 Å². The number of imidazole rings is 1. The van der Waals surface area contributed by atoms with E-state index in [1.54, 1.807) is 0 Å². The molecule has 15 heavy (non-hydrogen) atoms. The molecule has 0 bridgehead atoms. The standard InChI is InChI=1S/C12H15ClN2/c1-8(2)15-11-7-5-4-6-10(11)14-12(15)9(3)13/h4-9H,1-3H3. The minimum absolute atomic E-state index is 0.0557. The Morgan fingerprint density at radius 1 is 1.20 bits per heavy atom. The van der Waals surface area contributed by atoms with Gasteiger partial charge in [0.15, 0.2) is 0 Å². The van der Waals surface area contributed by atoms with Crippen LogP contribution in [0.1, 0.15) is 38.0 Å². The summed E-state index contributed by atoms with van der Waals surface area (Å²) in [6, 6.07) is 8.53. The molecule has 0 N–H and O–H groups in total. The van der Waals surface area contributed by atoms with E-state index in [1.165, 1.54) is 0 Å². The van der Waals surface area contributed by atoms with Crippen molar-refractivity contribution in [2.45, 2.75) is 32.2 Å². The van der Waals surface area contributed by atoms with Crippen molar-refractivity contribution in [1.29, 1.82) is 0 Å². The van der Waals surface area contributed by atoms with Gasteiger partial charge < -0.3 is 4.57 Å². The van der Waals surface area contributed by atoms with Crippen LogP contribution in [0.3, 0.4) is 0 Å². The van der Waals surface area contributed by atoms with Crippen LogP contribution in [0.5, 0.6) is 0 Å². The molecule has 0 aliphatic rings. The molecule has 1 aromatic heterocycles. The van der Waals surface area contributed by atoms with Gasteiger partial charge in [0.05, 0.1) is 16.4 Å². The van der Waals surface area contributed by atoms with Gasteiger partial charge in [0.1, 0.15) is 5.82 Å². The third kappa shape index (κ3) is 1.74. The zero-order valence-electron chi connectivity index (χ0n) is 9.24. The van der Waals surface area contributed by atoms with Crippen LogP contribution >= 0.6 is 11.6 Å². The second-order valence-electron chi connectivity index (χ2n) is 4.04. The lowest BCUT2D eigenvalue weighted by Crippen LogP contribution is -2.06. The summed E-state index contributed by atoms with van der Waals surface area (Å²) in [5.41, 5.74) is 2.18. The van der Waals surface area contributed by atoms with Crippen LogP contribution in [-0.4, -0.2) is 9.55 Å². The Kier molecular flexibility index (Phi) is 2.70. The first kappa shape index (κ1) is 10.5. The molecule has 0 saturated carbocycles. The Morgan fingerprint density at radius 3 is 2.47 bits per heavy atom. The number of benzene rings is 1. The third-order valence-corrected chi connectivity index (χ3v) is 2.69. The number of hydrogen-bond acceptors (Lipinski definition) is 1. The van der Waals surface area contributed by atoms with Gasteiger partial charge in [-0.15, -0.1) is 11.6 Å². The molecule has 0 aliphatic carbocycles. The van der Waals surface area contributed by atoms with E-state index in [1.807, 2.05) is 25.1 Å². The van der Waals surface area contributed by atoms with Gasteiger partial charge in [0, 0.05) is 6.04 Å². The van der Waals surface area contributed by atoms with E-state index in [9.17, 15) is 0 Å². The van der Waals surface area contributed by atoms with Crippen molar-refractivity contribution in [2.75, 3.05) is 0 Å². The predicted molar refractivity (Wildman–Crippen MR) is 64.4 cm³/mol. The number of rotatable bonds is 2. The first-order chi connectivity index (χ1) is 7.11. The van der Waals surface area contributed by atoms with Crippen molar-refractivity contribution in [1.82, 2.24) is 9.55 Å². The van der Waals surface area contributed by atoms with E-state index in [0.717, 1.165) is 16.9 Å². The van der Waals surface area contributed by atoms with Crippen molar-refractivity contribution >= 4 is 22.6 Å². The van der Waals surface area contributed by atoms with Gasteiger partial charge in [0.25, 0.3) is 0 Å². The predicted octanol–water partition coefficient (Wildman–Crippen LogP) is 3.92. The van der Waals surface area contributed by atoms with Crippen LogP contribution < -0.4 is 0 Å². The molecular formula is C12H15ClN2. The molecule has 0 aliphatic heterocycles. The van der Waals surface area contributed by atoms with Gasteiger partial charge in [0.2, 0.25) is 0 Å². The molecule has 1 aromatic carbocycles. The van der Waals surface area contributed by atoms with Crippen LogP contribution in [0.15, 0.2) is 24.3 Å². The molecule has 0 radical (unpaired) electrons. The lowest BCUT2D eigenvalue weighted by molar-refractivity contribution is 0.584. The normalized spacial score (nSPS) is 13.7. The zero-order chi connectivity index (χ0) is 11.0. The zero-order valence-corrected chi connectivity index (χ0v) is 9.99. The Bertz CT molecular complexity index is 471. The Hall–Kier alpha value is -1.02. The lowest BCUT2D eigenvalue weighted by Gasteiger charge is -2.13. The van der Waals surface area contributed by atoms with Crippen molar-refractivity contribution in [2.24, 2.45) is 0 Å². The van der Waals surface area contributed by atoms with Gasteiger partial charge >= 0.3 is 0 Å². The van der Waals surface area contributed by atoms with Crippen molar-refractivity contribution in [3.05, 3.63) is 30.1 Å². The third-order valence-electron chi connectivity index (χ3n) is 2.50. The summed E-state index contributed by atoms with van der Waals surface area (Å²) >= 11 is 6.14. The van der Waals surface area contributed by atoms with Crippen molar-refractivity contribution in [3.8, 4) is 0 Å². The SMILES string of the molecule is CC(Cl)c1nc2ccccc2n1C(C)C. The summed E-state index contributed by atoms with van der Waals surface area (Å²) in [6.07, 6.45) is 0. The molecule has 0 amide bonds. The smallest absolute Gasteiger partial charge is 0.127 e. The summed E-state index contributed by atoms with van der Waals surface area (Å²) in [7, 11) is 0. The second-order valence-corrected chi connectivity index (χ2v) is 4.69. The van der Waals surface area contributed by atoms with Crippen LogP contribution in [0.25, 0.3) is 11.0 Å². The number of fused-ring (bicyclic) bond motifs is 1. The number of para-hydroxylation sites is 2. The van der Waals surface area contributed by atoms with E-state index in [2.05, 4.69) is 29.5 Å². The first-order valence-electron chi connectivity index (χ1n) is 5.22. The number of halogens is 1. The number of hydrogen-bond donors (Lipinski definition) is 0. The topological polar surface area (TPSA) is 17.8 Å². The minimum atomic E-state index is -0.0557. The molecule has 0 fully saturated rings. The molecule has 80 valence electrons. The summed E-state index contributed by atoms with van der Waals surface area (Å²) < 4.78 is 2.20. The maximum absolute atomic E-state index is 6.14. The lowest BCUT2D eigenvalue weighted by atomic mass is 10.3. The average molecular weight is 223 g/mol. The molecule has 2 rings (SSSR count). The summed E-state index contributed by atoms with van der Waals surface area (Å²) in [6.45, 7) is 6.26. The molecule has 0 saturated heterocycles. The molecule has 0 spiro atoms. The van der Waals surface area contributed by atoms with Gasteiger partial charge in [-0.2, -0.15) is 0 Å². The molecule has 2 nitrogen and oxygen atoms in total. The Balaban J connectivity index is 2.75. The van der Waals surface area contributed by atoms with Crippen LogP contribution in [-0.2, 0) is 0 Å². The summed E-state index contributed by atoms with van der Waals surface area (Å²) in [5, 5.41) is -0.0557. The highest BCUT2D eigenvalue weighted by molar-refractivity contribution is 6.20. The molecule has 1 unspecified atom stereocenters. The number of aromatic nitrogens is 2. The van der Waals surface area contributed by atoms with Crippen LogP contribution in [0.2, 0.25) is 0 Å². The maximum Gasteiger partial charge on any atom is 0.127 e. The van der Waals surface area contributed by atoms with Gasteiger partial charge in [-0.1, -0.05) is 12.1 Å². The second kappa shape index (κ2) is 3.86. The number of alkyl halides is 1. The maximum atomic E-state index is 6.14. The fourth-order valence-electron chi connectivity index (χ4n) is 1.89. The molecule has 1 heterocycles. The summed E-state index contributed by atoms with van der Waals surface area (Å²) in [5.74, 6) is 0.952.